The summed E-state index contributed by atoms with van der Waals surface area (Å²) in [6, 6.07) is 3.63. The highest BCUT2D eigenvalue weighted by molar-refractivity contribution is 7.88. The number of phenols is 2. The first-order chi connectivity index (χ1) is 13.2. The number of benzene rings is 1. The average molecular weight is 424 g/mol. The number of Topliss-reactive ketones (excluding diaryl/α,β-unsaturated/α-hetero) is 1. The van der Waals surface area contributed by atoms with Gasteiger partial charge in [0, 0.05) is 23.6 Å². The molecule has 0 amide bonds. The highest BCUT2D eigenvalue weighted by atomic mass is 32.2. The Bertz CT molecular complexity index is 890. The van der Waals surface area contributed by atoms with E-state index in [1.165, 1.54) is 18.2 Å². The topological polar surface area (TPSA) is 104 Å². The van der Waals surface area contributed by atoms with E-state index in [9.17, 15) is 23.4 Å². The molecule has 7 heteroatoms. The molecule has 0 unspecified atom stereocenters. The minimum Gasteiger partial charge on any atom is -0.508 e. The lowest BCUT2D eigenvalue weighted by Gasteiger charge is -2.60. The van der Waals surface area contributed by atoms with Gasteiger partial charge in [-0.15, -0.1) is 0 Å². The fourth-order valence-electron chi connectivity index (χ4n) is 6.31. The lowest BCUT2D eigenvalue weighted by Crippen LogP contribution is -2.60. The molecule has 5 atom stereocenters. The van der Waals surface area contributed by atoms with Crippen molar-refractivity contribution in [2.24, 2.45) is 28.6 Å². The molecule has 0 bridgehead atoms. The molecular weight excluding hydrogens is 390 g/mol. The number of sulfonamides is 1. The number of hydrogen-bond donors (Lipinski definition) is 3. The summed E-state index contributed by atoms with van der Waals surface area (Å²) in [5, 5.41) is 19.8. The standard InChI is InChI=1S/C22H33NO5S/c1-13-17(23-29(5,27)28)12-18-21(2,3)7-6-8-22(18,4)19(13)20(26)14-9-15(24)11-16(25)10-14/h9-11,13,17-19,23-25H,6-8,12H2,1-5H3/t13-,17-,18+,19-,22+/m1/s1. The Labute approximate surface area is 173 Å². The first kappa shape index (κ1) is 22.1. The highest BCUT2D eigenvalue weighted by Gasteiger charge is 2.58. The van der Waals surface area contributed by atoms with Crippen molar-refractivity contribution in [1.29, 1.82) is 0 Å². The first-order valence-corrected chi connectivity index (χ1v) is 12.2. The maximum Gasteiger partial charge on any atom is 0.208 e. The van der Waals surface area contributed by atoms with Crippen molar-refractivity contribution in [3.05, 3.63) is 23.8 Å². The van der Waals surface area contributed by atoms with Crippen molar-refractivity contribution >= 4 is 15.8 Å². The minimum absolute atomic E-state index is 0.00985. The van der Waals surface area contributed by atoms with Crippen molar-refractivity contribution < 1.29 is 23.4 Å². The van der Waals surface area contributed by atoms with Crippen molar-refractivity contribution in [1.82, 2.24) is 4.72 Å². The maximum absolute atomic E-state index is 13.7. The van der Waals surface area contributed by atoms with Gasteiger partial charge in [0.15, 0.2) is 5.78 Å². The summed E-state index contributed by atoms with van der Waals surface area (Å²) in [4.78, 5) is 13.7. The monoisotopic (exact) mass is 423 g/mol. The summed E-state index contributed by atoms with van der Waals surface area (Å²) in [5.41, 5.74) is -0.0262. The Morgan fingerprint density at radius 3 is 2.24 bits per heavy atom. The third kappa shape index (κ3) is 4.17. The number of ketones is 1. The minimum atomic E-state index is -3.42. The lowest BCUT2D eigenvalue weighted by molar-refractivity contribution is -0.0886. The molecule has 0 heterocycles. The molecule has 0 aromatic heterocycles. The molecule has 0 spiro atoms. The van der Waals surface area contributed by atoms with Crippen molar-refractivity contribution in [3.8, 4) is 11.5 Å². The molecule has 162 valence electrons. The van der Waals surface area contributed by atoms with E-state index in [-0.39, 0.29) is 51.6 Å². The number of carbonyl (C=O) groups excluding carboxylic acids is 1. The van der Waals surface area contributed by atoms with E-state index in [2.05, 4.69) is 25.5 Å². The number of fused-ring (bicyclic) bond motifs is 1. The van der Waals surface area contributed by atoms with Gasteiger partial charge >= 0.3 is 0 Å². The van der Waals surface area contributed by atoms with E-state index in [1.807, 2.05) is 6.92 Å². The second-order valence-electron chi connectivity index (χ2n) is 10.1. The number of nitrogens with one attached hydrogen (secondary N) is 1. The highest BCUT2D eigenvalue weighted by Crippen LogP contribution is 2.61. The molecule has 0 saturated heterocycles. The van der Waals surface area contributed by atoms with Crippen LogP contribution in [0.1, 0.15) is 63.7 Å². The lowest BCUT2D eigenvalue weighted by atomic mass is 9.45. The number of aromatic hydroxyl groups is 2. The summed E-state index contributed by atoms with van der Waals surface area (Å²) < 4.78 is 26.8. The predicted octanol–water partition coefficient (Wildman–Crippen LogP) is 3.69. The van der Waals surface area contributed by atoms with Gasteiger partial charge in [-0.2, -0.15) is 0 Å². The van der Waals surface area contributed by atoms with Crippen LogP contribution >= 0.6 is 0 Å². The molecule has 6 nitrogen and oxygen atoms in total. The third-order valence-corrected chi connectivity index (χ3v) is 8.20. The van der Waals surface area contributed by atoms with Gasteiger partial charge in [-0.05, 0) is 54.1 Å². The van der Waals surface area contributed by atoms with Crippen LogP contribution in [0.2, 0.25) is 0 Å². The van der Waals surface area contributed by atoms with E-state index in [0.29, 0.717) is 6.42 Å². The van der Waals surface area contributed by atoms with Gasteiger partial charge < -0.3 is 10.2 Å². The average Bonchev–Trinajstić information content (AvgIpc) is 2.54. The number of rotatable bonds is 4. The Morgan fingerprint density at radius 2 is 1.69 bits per heavy atom. The third-order valence-electron chi connectivity index (χ3n) is 7.47. The van der Waals surface area contributed by atoms with Crippen LogP contribution in [0.3, 0.4) is 0 Å². The zero-order valence-electron chi connectivity index (χ0n) is 17.9. The molecule has 3 rings (SSSR count). The summed E-state index contributed by atoms with van der Waals surface area (Å²) in [6.07, 6.45) is 4.82. The van der Waals surface area contributed by atoms with E-state index >= 15 is 0 Å². The second kappa shape index (κ2) is 7.27. The van der Waals surface area contributed by atoms with Crippen molar-refractivity contribution in [3.63, 3.8) is 0 Å². The Hall–Kier alpha value is -1.60. The van der Waals surface area contributed by atoms with Crippen molar-refractivity contribution in [2.45, 2.75) is 59.4 Å². The van der Waals surface area contributed by atoms with Crippen LogP contribution in [0.25, 0.3) is 0 Å². The van der Waals surface area contributed by atoms with Gasteiger partial charge in [-0.3, -0.25) is 4.79 Å². The van der Waals surface area contributed by atoms with E-state index in [1.54, 1.807) is 0 Å². The molecule has 2 aliphatic rings. The first-order valence-electron chi connectivity index (χ1n) is 10.3. The van der Waals surface area contributed by atoms with Crippen molar-refractivity contribution in [2.75, 3.05) is 6.26 Å². The zero-order chi connectivity index (χ0) is 21.8. The van der Waals surface area contributed by atoms with Crippen LogP contribution in [0, 0.1) is 28.6 Å². The number of phenolic OH excluding ortho intramolecular Hbond substituents is 2. The largest absolute Gasteiger partial charge is 0.508 e. The van der Waals surface area contributed by atoms with Gasteiger partial charge in [0.2, 0.25) is 10.0 Å². The summed E-state index contributed by atoms with van der Waals surface area (Å²) >= 11 is 0. The van der Waals surface area contributed by atoms with Crippen LogP contribution in [-0.4, -0.2) is 36.7 Å². The van der Waals surface area contributed by atoms with Gasteiger partial charge in [-0.1, -0.05) is 34.1 Å². The Morgan fingerprint density at radius 1 is 1.10 bits per heavy atom. The Balaban J connectivity index is 2.10. The molecule has 29 heavy (non-hydrogen) atoms. The normalized spacial score (nSPS) is 34.4. The van der Waals surface area contributed by atoms with Gasteiger partial charge in [-0.25, -0.2) is 13.1 Å². The maximum atomic E-state index is 13.7. The zero-order valence-corrected chi connectivity index (χ0v) is 18.7. The molecule has 2 aliphatic carbocycles. The molecule has 0 aliphatic heterocycles. The van der Waals surface area contributed by atoms with Crippen LogP contribution in [0.15, 0.2) is 18.2 Å². The fourth-order valence-corrected chi connectivity index (χ4v) is 7.17. The molecule has 3 N–H and O–H groups in total. The van der Waals surface area contributed by atoms with Crippen LogP contribution in [0.4, 0.5) is 0 Å². The molecule has 2 saturated carbocycles. The molecule has 1 aromatic rings. The second-order valence-corrected chi connectivity index (χ2v) is 11.9. The summed E-state index contributed by atoms with van der Waals surface area (Å²) in [7, 11) is -3.42. The van der Waals surface area contributed by atoms with Gasteiger partial charge in [0.25, 0.3) is 0 Å². The Kier molecular flexibility index (Phi) is 5.54. The van der Waals surface area contributed by atoms with Crippen LogP contribution < -0.4 is 4.72 Å². The molecule has 0 radical (unpaired) electrons. The summed E-state index contributed by atoms with van der Waals surface area (Å²) in [6.45, 7) is 8.53. The van der Waals surface area contributed by atoms with E-state index < -0.39 is 15.9 Å². The smallest absolute Gasteiger partial charge is 0.208 e. The van der Waals surface area contributed by atoms with E-state index in [0.717, 1.165) is 25.5 Å². The number of hydrogen-bond acceptors (Lipinski definition) is 5. The van der Waals surface area contributed by atoms with E-state index in [4.69, 9.17) is 0 Å². The van der Waals surface area contributed by atoms with Crippen LogP contribution in [0.5, 0.6) is 11.5 Å². The van der Waals surface area contributed by atoms with Gasteiger partial charge in [0.1, 0.15) is 11.5 Å². The number of carbonyl (C=O) groups is 1. The SMILES string of the molecule is C[C@@H]1[C@H](NS(C)(=O)=O)C[C@H]2C(C)(C)CCC[C@]2(C)[C@H]1C(=O)c1cc(O)cc(O)c1. The quantitative estimate of drug-likeness (QED) is 0.641. The molecular formula is C22H33NO5S. The molecule has 1 aromatic carbocycles. The fraction of sp³-hybridized carbons (Fsp3) is 0.682. The predicted molar refractivity (Wildman–Crippen MR) is 112 cm³/mol. The molecule has 2 fully saturated rings. The summed E-state index contributed by atoms with van der Waals surface area (Å²) in [5.74, 6) is -0.910. The van der Waals surface area contributed by atoms with Crippen LogP contribution in [-0.2, 0) is 10.0 Å². The van der Waals surface area contributed by atoms with Gasteiger partial charge in [0.05, 0.1) is 6.26 Å².